The summed E-state index contributed by atoms with van der Waals surface area (Å²) in [5.41, 5.74) is 0.865. The number of anilines is 1. The van der Waals surface area contributed by atoms with Crippen LogP contribution in [0.25, 0.3) is 17.3 Å². The molecule has 0 fully saturated rings. The summed E-state index contributed by atoms with van der Waals surface area (Å²) >= 11 is 0. The van der Waals surface area contributed by atoms with Crippen LogP contribution in [0.4, 0.5) is 5.95 Å². The van der Waals surface area contributed by atoms with E-state index in [0.29, 0.717) is 17.7 Å². The average Bonchev–Trinajstić information content (AvgIpc) is 3.18. The molecule has 1 N–H and O–H groups in total. The maximum Gasteiger partial charge on any atom is 0.240 e. The molecule has 8 heteroatoms. The molecule has 0 radical (unpaired) electrons. The van der Waals surface area contributed by atoms with Crippen molar-refractivity contribution in [1.29, 1.82) is 0 Å². The summed E-state index contributed by atoms with van der Waals surface area (Å²) in [6.45, 7) is 2.99. The van der Waals surface area contributed by atoms with Crippen LogP contribution in [0.2, 0.25) is 0 Å². The third-order valence-corrected chi connectivity index (χ3v) is 2.93. The Morgan fingerprint density at radius 3 is 2.86 bits per heavy atom. The first-order chi connectivity index (χ1) is 10.3. The van der Waals surface area contributed by atoms with Crippen molar-refractivity contribution in [3.8, 4) is 17.3 Å². The molecule has 0 saturated heterocycles. The van der Waals surface area contributed by atoms with Gasteiger partial charge < -0.3 is 5.32 Å². The van der Waals surface area contributed by atoms with Gasteiger partial charge in [0.1, 0.15) is 6.33 Å². The Bertz CT molecular complexity index is 716. The molecule has 3 heterocycles. The molecule has 0 aliphatic carbocycles. The molecule has 0 aliphatic heterocycles. The van der Waals surface area contributed by atoms with Crippen LogP contribution in [0.1, 0.15) is 13.3 Å². The normalized spacial score (nSPS) is 10.8. The standard InChI is InChI=1S/C13H16N8/c1-3-5-21-8-10(7-16-21)11-17-12(14-2)19-13(18-11)20-6-4-15-9-20/h4,6-9H,3,5H2,1-2H3,(H,14,17,18,19). The van der Waals surface area contributed by atoms with Gasteiger partial charge in [-0.25, -0.2) is 4.98 Å². The van der Waals surface area contributed by atoms with Crippen molar-refractivity contribution in [1.82, 2.24) is 34.3 Å². The van der Waals surface area contributed by atoms with Gasteiger partial charge in [-0.05, 0) is 6.42 Å². The minimum absolute atomic E-state index is 0.506. The smallest absolute Gasteiger partial charge is 0.240 e. The Hall–Kier alpha value is -2.77. The minimum atomic E-state index is 0.506. The monoisotopic (exact) mass is 284 g/mol. The van der Waals surface area contributed by atoms with Crippen molar-refractivity contribution < 1.29 is 0 Å². The summed E-state index contributed by atoms with van der Waals surface area (Å²) < 4.78 is 3.62. The molecule has 0 bridgehead atoms. The zero-order chi connectivity index (χ0) is 14.7. The Kier molecular flexibility index (Phi) is 3.59. The molecular weight excluding hydrogens is 268 g/mol. The van der Waals surface area contributed by atoms with E-state index in [1.54, 1.807) is 36.5 Å². The number of aromatic nitrogens is 7. The fourth-order valence-corrected chi connectivity index (χ4v) is 1.93. The SMILES string of the molecule is CCCn1cc(-c2nc(NC)nc(-n3ccnc3)n2)cn1. The number of nitrogens with zero attached hydrogens (tertiary/aromatic N) is 7. The quantitative estimate of drug-likeness (QED) is 0.761. The maximum atomic E-state index is 4.47. The van der Waals surface area contributed by atoms with Crippen molar-refractivity contribution in [2.75, 3.05) is 12.4 Å². The van der Waals surface area contributed by atoms with Crippen LogP contribution in [0.3, 0.4) is 0 Å². The summed E-state index contributed by atoms with van der Waals surface area (Å²) in [4.78, 5) is 17.2. The van der Waals surface area contributed by atoms with Gasteiger partial charge in [-0.2, -0.15) is 20.1 Å². The Morgan fingerprint density at radius 2 is 2.14 bits per heavy atom. The van der Waals surface area contributed by atoms with Crippen LogP contribution in [0.15, 0.2) is 31.1 Å². The number of rotatable bonds is 5. The molecule has 8 nitrogen and oxygen atoms in total. The third-order valence-electron chi connectivity index (χ3n) is 2.93. The summed E-state index contributed by atoms with van der Waals surface area (Å²) in [6, 6.07) is 0. The van der Waals surface area contributed by atoms with Crippen molar-refractivity contribution in [2.24, 2.45) is 0 Å². The van der Waals surface area contributed by atoms with E-state index in [-0.39, 0.29) is 0 Å². The second kappa shape index (κ2) is 5.70. The van der Waals surface area contributed by atoms with Crippen LogP contribution in [-0.2, 0) is 6.54 Å². The number of hydrogen-bond donors (Lipinski definition) is 1. The zero-order valence-corrected chi connectivity index (χ0v) is 11.9. The topological polar surface area (TPSA) is 86.3 Å². The minimum Gasteiger partial charge on any atom is -0.357 e. The average molecular weight is 284 g/mol. The lowest BCUT2D eigenvalue weighted by molar-refractivity contribution is 0.603. The molecular formula is C13H16N8. The van der Waals surface area contributed by atoms with Gasteiger partial charge in [0.2, 0.25) is 11.9 Å². The number of aryl methyl sites for hydroxylation is 1. The van der Waals surface area contributed by atoms with E-state index in [1.165, 1.54) is 0 Å². The van der Waals surface area contributed by atoms with Gasteiger partial charge >= 0.3 is 0 Å². The molecule has 0 atom stereocenters. The van der Waals surface area contributed by atoms with E-state index in [9.17, 15) is 0 Å². The van der Waals surface area contributed by atoms with Gasteiger partial charge in [-0.15, -0.1) is 0 Å². The molecule has 21 heavy (non-hydrogen) atoms. The lowest BCUT2D eigenvalue weighted by atomic mass is 10.3. The Morgan fingerprint density at radius 1 is 1.24 bits per heavy atom. The predicted octanol–water partition coefficient (Wildman–Crippen LogP) is 1.37. The molecule has 3 aromatic heterocycles. The summed E-state index contributed by atoms with van der Waals surface area (Å²) in [5, 5.41) is 7.26. The highest BCUT2D eigenvalue weighted by Crippen LogP contribution is 2.17. The van der Waals surface area contributed by atoms with E-state index in [4.69, 9.17) is 0 Å². The van der Waals surface area contributed by atoms with E-state index in [0.717, 1.165) is 18.5 Å². The highest BCUT2D eigenvalue weighted by molar-refractivity contribution is 5.54. The lowest BCUT2D eigenvalue weighted by Crippen LogP contribution is -2.06. The summed E-state index contributed by atoms with van der Waals surface area (Å²) in [5.74, 6) is 1.61. The molecule has 0 saturated carbocycles. The predicted molar refractivity (Wildman–Crippen MR) is 78.0 cm³/mol. The number of nitrogens with one attached hydrogen (secondary N) is 1. The molecule has 108 valence electrons. The second-order valence-electron chi connectivity index (χ2n) is 4.49. The van der Waals surface area contributed by atoms with Crippen molar-refractivity contribution in [3.05, 3.63) is 31.1 Å². The van der Waals surface area contributed by atoms with Gasteiger partial charge in [-0.1, -0.05) is 6.92 Å². The van der Waals surface area contributed by atoms with Crippen molar-refractivity contribution in [2.45, 2.75) is 19.9 Å². The van der Waals surface area contributed by atoms with Crippen LogP contribution < -0.4 is 5.32 Å². The molecule has 3 rings (SSSR count). The maximum absolute atomic E-state index is 4.47. The first-order valence-corrected chi connectivity index (χ1v) is 6.75. The van der Waals surface area contributed by atoms with E-state index in [2.05, 4.69) is 37.3 Å². The van der Waals surface area contributed by atoms with Crippen molar-refractivity contribution >= 4 is 5.95 Å². The lowest BCUT2D eigenvalue weighted by Gasteiger charge is -2.05. The highest BCUT2D eigenvalue weighted by Gasteiger charge is 2.11. The largest absolute Gasteiger partial charge is 0.357 e. The fourth-order valence-electron chi connectivity index (χ4n) is 1.93. The van der Waals surface area contributed by atoms with E-state index in [1.807, 2.05) is 10.9 Å². The highest BCUT2D eigenvalue weighted by atomic mass is 15.3. The van der Waals surface area contributed by atoms with Crippen LogP contribution >= 0.6 is 0 Å². The van der Waals surface area contributed by atoms with E-state index >= 15 is 0 Å². The van der Waals surface area contributed by atoms with Crippen molar-refractivity contribution in [3.63, 3.8) is 0 Å². The fraction of sp³-hybridized carbons (Fsp3) is 0.308. The Balaban J connectivity index is 2.02. The van der Waals surface area contributed by atoms with Gasteiger partial charge in [0, 0.05) is 32.2 Å². The van der Waals surface area contributed by atoms with Gasteiger partial charge in [0.15, 0.2) is 5.82 Å². The van der Waals surface area contributed by atoms with E-state index < -0.39 is 0 Å². The number of hydrogen-bond acceptors (Lipinski definition) is 6. The first kappa shape index (κ1) is 13.2. The summed E-state index contributed by atoms with van der Waals surface area (Å²) in [7, 11) is 1.78. The molecule has 0 aliphatic rings. The Labute approximate surface area is 121 Å². The molecule has 0 aromatic carbocycles. The molecule has 3 aromatic rings. The first-order valence-electron chi connectivity index (χ1n) is 6.75. The number of imidazole rings is 1. The van der Waals surface area contributed by atoms with Gasteiger partial charge in [0.05, 0.1) is 11.8 Å². The second-order valence-corrected chi connectivity index (χ2v) is 4.49. The summed E-state index contributed by atoms with van der Waals surface area (Å²) in [6.07, 6.45) is 9.86. The zero-order valence-electron chi connectivity index (χ0n) is 11.9. The molecule has 0 spiro atoms. The van der Waals surface area contributed by atoms with Crippen LogP contribution in [-0.4, -0.2) is 41.3 Å². The third kappa shape index (κ3) is 2.73. The van der Waals surface area contributed by atoms with Crippen LogP contribution in [0, 0.1) is 0 Å². The van der Waals surface area contributed by atoms with Gasteiger partial charge in [-0.3, -0.25) is 9.25 Å². The molecule has 0 amide bonds. The van der Waals surface area contributed by atoms with Crippen LogP contribution in [0.5, 0.6) is 0 Å². The molecule has 0 unspecified atom stereocenters. The van der Waals surface area contributed by atoms with Gasteiger partial charge in [0.25, 0.3) is 0 Å².